The number of hydrogen-bond donors (Lipinski definition) is 4. The van der Waals surface area contributed by atoms with E-state index >= 15 is 0 Å². The van der Waals surface area contributed by atoms with Crippen LogP contribution in [0.5, 0.6) is 5.75 Å². The largest absolute Gasteiger partial charge is 0.573 e. The van der Waals surface area contributed by atoms with Gasteiger partial charge in [0.2, 0.25) is 6.41 Å². The number of fused-ring (bicyclic) bond motifs is 5. The predicted molar refractivity (Wildman–Crippen MR) is 268 cm³/mol. The molecule has 5 aliphatic carbocycles. The van der Waals surface area contributed by atoms with Gasteiger partial charge in [0.15, 0.2) is 0 Å². The second-order valence-electron chi connectivity index (χ2n) is 20.1. The minimum absolute atomic E-state index is 0.0889. The molecular weight excluding hydrogens is 828 g/mol. The van der Waals surface area contributed by atoms with E-state index < -0.39 is 6.36 Å². The van der Waals surface area contributed by atoms with Crippen LogP contribution in [0.15, 0.2) is 41.3 Å². The molecular formula is C54H92F3N3O3S. The van der Waals surface area contributed by atoms with Crippen molar-refractivity contribution in [1.82, 2.24) is 0 Å². The van der Waals surface area contributed by atoms with Gasteiger partial charge in [0.05, 0.1) is 0 Å². The number of aliphatic hydroxyl groups is 1. The highest BCUT2D eigenvalue weighted by atomic mass is 32.2. The lowest BCUT2D eigenvalue weighted by atomic mass is 9.45. The first-order chi connectivity index (χ1) is 30.4. The maximum Gasteiger partial charge on any atom is 0.573 e. The van der Waals surface area contributed by atoms with Crippen LogP contribution in [-0.4, -0.2) is 43.8 Å². The first-order valence-electron chi connectivity index (χ1n) is 25.1. The number of primary amides is 1. The van der Waals surface area contributed by atoms with Crippen molar-refractivity contribution in [3.05, 3.63) is 47.5 Å². The molecule has 64 heavy (non-hydrogen) atoms. The van der Waals surface area contributed by atoms with E-state index in [0.717, 1.165) is 61.3 Å². The summed E-state index contributed by atoms with van der Waals surface area (Å²) in [4.78, 5) is 9.16. The molecule has 5 saturated carbocycles. The van der Waals surface area contributed by atoms with E-state index in [0.29, 0.717) is 33.4 Å². The normalized spacial score (nSPS) is 28.5. The fraction of sp³-hybridized carbons (Fsp3) is 0.759. The molecule has 5 aliphatic rings. The average molecular weight is 920 g/mol. The average Bonchev–Trinajstić information content (AvgIpc) is 3.60. The molecule has 0 bridgehead atoms. The minimum Gasteiger partial charge on any atom is -0.405 e. The summed E-state index contributed by atoms with van der Waals surface area (Å²) in [5.41, 5.74) is 10.4. The Morgan fingerprint density at radius 1 is 0.781 bits per heavy atom. The summed E-state index contributed by atoms with van der Waals surface area (Å²) < 4.78 is 43.4. The van der Waals surface area contributed by atoms with Gasteiger partial charge in [0.1, 0.15) is 5.75 Å². The molecule has 8 atom stereocenters. The summed E-state index contributed by atoms with van der Waals surface area (Å²) >= 11 is 1.50. The molecule has 1 amide bonds. The van der Waals surface area contributed by atoms with Gasteiger partial charge >= 0.3 is 6.36 Å². The Morgan fingerprint density at radius 3 is 1.95 bits per heavy atom. The molecule has 0 aliphatic heterocycles. The lowest BCUT2D eigenvalue weighted by molar-refractivity contribution is -0.275. The molecule has 5 fully saturated rings. The molecule has 0 aromatic heterocycles. The van der Waals surface area contributed by atoms with Crippen molar-refractivity contribution in [2.75, 3.05) is 36.6 Å². The van der Waals surface area contributed by atoms with E-state index in [9.17, 15) is 13.2 Å². The number of benzene rings is 2. The third-order valence-corrected chi connectivity index (χ3v) is 17.4. The number of aliphatic hydroxyl groups excluding tert-OH is 1. The molecule has 10 heteroatoms. The van der Waals surface area contributed by atoms with Gasteiger partial charge in [-0.15, -0.1) is 24.9 Å². The molecule has 7 rings (SSSR count). The van der Waals surface area contributed by atoms with Crippen LogP contribution in [0.3, 0.4) is 0 Å². The summed E-state index contributed by atoms with van der Waals surface area (Å²) in [5.74, 6) is 6.18. The molecule has 2 aromatic carbocycles. The molecule has 0 heterocycles. The van der Waals surface area contributed by atoms with Gasteiger partial charge < -0.3 is 26.2 Å². The number of alkyl halides is 3. The number of rotatable bonds is 10. The summed E-state index contributed by atoms with van der Waals surface area (Å²) in [7, 11) is 1.00. The first kappa shape index (κ1) is 57.5. The maximum atomic E-state index is 13.0. The molecule has 6 nitrogen and oxygen atoms in total. The Kier molecular flexibility index (Phi) is 25.1. The Hall–Kier alpha value is -2.59. The SMILES string of the molecule is CC.CC1CCCCC1(C)C.CCNc1ccc(C)c(C)c1.CCNc1ccc(SCCCC2CCC3C4CCC5CCCCC5(C)C4CCC23C)c(OC(F)(F)F)c1.CO.NC=O. The Bertz CT molecular complexity index is 1620. The highest BCUT2D eigenvalue weighted by Gasteiger charge is 2.59. The number of amides is 1. The number of thioether (sulfide) groups is 1. The van der Waals surface area contributed by atoms with Crippen molar-refractivity contribution < 1.29 is 27.8 Å². The summed E-state index contributed by atoms with van der Waals surface area (Å²) in [5, 5.41) is 13.4. The van der Waals surface area contributed by atoms with E-state index in [-0.39, 0.29) is 12.2 Å². The third kappa shape index (κ3) is 16.3. The van der Waals surface area contributed by atoms with Gasteiger partial charge in [0, 0.05) is 42.5 Å². The number of hydrogen-bond acceptors (Lipinski definition) is 6. The highest BCUT2D eigenvalue weighted by molar-refractivity contribution is 7.99. The third-order valence-electron chi connectivity index (χ3n) is 16.2. The monoisotopic (exact) mass is 920 g/mol. The second-order valence-corrected chi connectivity index (χ2v) is 21.2. The van der Waals surface area contributed by atoms with Crippen LogP contribution in [-0.2, 0) is 4.79 Å². The Labute approximate surface area is 393 Å². The fourth-order valence-corrected chi connectivity index (χ4v) is 13.2. The van der Waals surface area contributed by atoms with E-state index in [1.807, 2.05) is 26.8 Å². The summed E-state index contributed by atoms with van der Waals surface area (Å²) in [6.45, 7) is 26.4. The number of carbonyl (C=O) groups is 1. The molecule has 0 radical (unpaired) electrons. The topological polar surface area (TPSA) is 96.6 Å². The molecule has 8 unspecified atom stereocenters. The van der Waals surface area contributed by atoms with Gasteiger partial charge in [-0.2, -0.15) is 0 Å². The number of halogens is 3. The highest BCUT2D eigenvalue weighted by Crippen LogP contribution is 2.68. The number of anilines is 2. The van der Waals surface area contributed by atoms with Crippen LogP contribution in [0.4, 0.5) is 24.5 Å². The van der Waals surface area contributed by atoms with Crippen molar-refractivity contribution in [2.45, 2.75) is 190 Å². The van der Waals surface area contributed by atoms with E-state index in [1.165, 1.54) is 131 Å². The van der Waals surface area contributed by atoms with Gasteiger partial charge in [-0.05, 0) is 191 Å². The molecule has 5 N–H and O–H groups in total. The van der Waals surface area contributed by atoms with Crippen molar-refractivity contribution in [3.63, 3.8) is 0 Å². The van der Waals surface area contributed by atoms with Gasteiger partial charge in [-0.1, -0.05) is 86.6 Å². The summed E-state index contributed by atoms with van der Waals surface area (Å²) in [6.07, 6.45) is 17.9. The number of aryl methyl sites for hydroxylation is 2. The zero-order valence-corrected chi connectivity index (χ0v) is 43.1. The second kappa shape index (κ2) is 27.9. The number of nitrogens with two attached hydrogens (primary N) is 1. The van der Waals surface area contributed by atoms with Crippen LogP contribution in [0, 0.1) is 65.6 Å². The molecule has 0 saturated heterocycles. The zero-order valence-electron chi connectivity index (χ0n) is 42.3. The number of carbonyl (C=O) groups excluding carboxylic acids is 1. The number of ether oxygens (including phenoxy) is 1. The first-order valence-corrected chi connectivity index (χ1v) is 26.1. The van der Waals surface area contributed by atoms with Gasteiger partial charge in [-0.3, -0.25) is 4.79 Å². The quantitative estimate of drug-likeness (QED) is 0.108. The molecule has 368 valence electrons. The fourth-order valence-electron chi connectivity index (χ4n) is 12.3. The lowest BCUT2D eigenvalue weighted by Gasteiger charge is -2.60. The van der Waals surface area contributed by atoms with E-state index in [2.05, 4.69) is 94.7 Å². The Balaban J connectivity index is 0.000000424. The van der Waals surface area contributed by atoms with E-state index in [4.69, 9.17) is 9.90 Å². The van der Waals surface area contributed by atoms with Gasteiger partial charge in [0.25, 0.3) is 0 Å². The van der Waals surface area contributed by atoms with Crippen molar-refractivity contribution in [3.8, 4) is 5.75 Å². The predicted octanol–water partition coefficient (Wildman–Crippen LogP) is 15.6. The minimum atomic E-state index is -4.68. The van der Waals surface area contributed by atoms with Crippen LogP contribution in [0.1, 0.15) is 176 Å². The standard InChI is InChI=1S/C31H46F3NOS.C10H15N.C9H18.C2H6.CH3NO.CH4O/c1-4-35-23-12-15-28(27(20-23)36-31(32,33)34)37-19-7-9-22-11-14-25-24-13-10-21-8-5-6-17-29(21,2)26(24)16-18-30(22,25)3;1-4-11-10-6-5-8(2)9(3)7-10;1-8-6-4-5-7-9(8,2)3;1-2;2-1-3;1-2/h12,15,20-22,24-26,35H,4-11,13-14,16-19H2,1-3H3;5-7,11H,4H2,1-3H3;8H,4-7H2,1-3H3;1-2H3;1H,(H2,2,3);2H,1H3. The van der Waals surface area contributed by atoms with Crippen LogP contribution < -0.4 is 21.1 Å². The van der Waals surface area contributed by atoms with Crippen LogP contribution in [0.2, 0.25) is 0 Å². The zero-order chi connectivity index (χ0) is 48.1. The van der Waals surface area contributed by atoms with Crippen molar-refractivity contribution in [1.29, 1.82) is 0 Å². The van der Waals surface area contributed by atoms with Crippen molar-refractivity contribution in [2.24, 2.45) is 57.5 Å². The molecule has 0 spiro atoms. The van der Waals surface area contributed by atoms with Gasteiger partial charge in [-0.25, -0.2) is 0 Å². The van der Waals surface area contributed by atoms with E-state index in [1.54, 1.807) is 6.07 Å². The molecule has 2 aromatic rings. The number of nitrogens with one attached hydrogen (secondary N) is 2. The Morgan fingerprint density at radius 2 is 1.38 bits per heavy atom. The van der Waals surface area contributed by atoms with Crippen molar-refractivity contribution >= 4 is 29.5 Å². The lowest BCUT2D eigenvalue weighted by Crippen LogP contribution is -2.52. The van der Waals surface area contributed by atoms with Crippen LogP contribution in [0.25, 0.3) is 0 Å². The van der Waals surface area contributed by atoms with Crippen LogP contribution >= 0.6 is 11.8 Å². The summed E-state index contributed by atoms with van der Waals surface area (Å²) in [6, 6.07) is 11.5. The maximum absolute atomic E-state index is 13.0. The smallest absolute Gasteiger partial charge is 0.405 e.